The van der Waals surface area contributed by atoms with Crippen molar-refractivity contribution in [2.24, 2.45) is 5.73 Å². The van der Waals surface area contributed by atoms with Crippen LogP contribution in [-0.4, -0.2) is 27.1 Å². The van der Waals surface area contributed by atoms with Crippen LogP contribution in [-0.2, 0) is 4.79 Å². The van der Waals surface area contributed by atoms with Crippen LogP contribution in [0.15, 0.2) is 53.0 Å². The zero-order chi connectivity index (χ0) is 24.6. The number of ether oxygens (including phenoxy) is 3. The average Bonchev–Trinajstić information content (AvgIpc) is 2.82. The summed E-state index contributed by atoms with van der Waals surface area (Å²) in [4.78, 5) is 15.0. The van der Waals surface area contributed by atoms with Gasteiger partial charge in [0.25, 0.3) is 0 Å². The molecule has 2 aliphatic rings. The molecular weight excluding hydrogens is 477 g/mol. The Bertz CT molecular complexity index is 1250. The van der Waals surface area contributed by atoms with Crippen molar-refractivity contribution in [3.8, 4) is 23.3 Å². The summed E-state index contributed by atoms with van der Waals surface area (Å²) >= 11 is 12.6. The predicted molar refractivity (Wildman–Crippen MR) is 130 cm³/mol. The Morgan fingerprint density at radius 2 is 1.74 bits per heavy atom. The van der Waals surface area contributed by atoms with E-state index in [0.717, 1.165) is 5.70 Å². The molecule has 1 aliphatic carbocycles. The maximum Gasteiger partial charge on any atom is 0.203 e. The van der Waals surface area contributed by atoms with Crippen molar-refractivity contribution in [2.45, 2.75) is 25.2 Å². The molecule has 0 saturated carbocycles. The predicted octanol–water partition coefficient (Wildman–Crippen LogP) is 5.32. The first-order valence-corrected chi connectivity index (χ1v) is 11.3. The molecule has 34 heavy (non-hydrogen) atoms. The largest absolute Gasteiger partial charge is 0.493 e. The molecular formula is C25H23Cl2N3O4. The van der Waals surface area contributed by atoms with E-state index in [1.165, 1.54) is 21.3 Å². The van der Waals surface area contributed by atoms with Crippen molar-refractivity contribution in [2.75, 3.05) is 26.2 Å². The Morgan fingerprint density at radius 3 is 2.29 bits per heavy atom. The number of Topliss-reactive ketones (excluding diaryl/α,β-unsaturated/α-hetero) is 1. The molecule has 1 aliphatic heterocycles. The standard InChI is InChI=1S/C25H23Cl2N3O4/c1-32-20-10-14(11-21(33-2)24(20)34-3)30-18-5-4-6-19(31)23(18)22(16(12-28)25(30)29)15-8-7-13(26)9-17(15)27/h7-11,22H,4-6,29H2,1-3H3. The molecule has 176 valence electrons. The minimum atomic E-state index is -0.684. The molecule has 0 spiro atoms. The molecule has 7 nitrogen and oxygen atoms in total. The summed E-state index contributed by atoms with van der Waals surface area (Å²) in [5.41, 5.74) is 9.29. The topological polar surface area (TPSA) is 97.8 Å². The number of nitrogens with two attached hydrogens (primary N) is 1. The molecule has 2 N–H and O–H groups in total. The molecule has 1 heterocycles. The number of nitrogens with zero attached hydrogens (tertiary/aromatic N) is 2. The van der Waals surface area contributed by atoms with Crippen molar-refractivity contribution >= 4 is 34.7 Å². The lowest BCUT2D eigenvalue weighted by Gasteiger charge is -2.40. The van der Waals surface area contributed by atoms with E-state index in [4.69, 9.17) is 43.1 Å². The summed E-state index contributed by atoms with van der Waals surface area (Å²) in [5.74, 6) is 0.756. The molecule has 2 aromatic rings. The Kier molecular flexibility index (Phi) is 6.65. The molecule has 0 saturated heterocycles. The molecule has 1 unspecified atom stereocenters. The van der Waals surface area contributed by atoms with Crippen LogP contribution in [0.4, 0.5) is 5.69 Å². The number of nitriles is 1. The highest BCUT2D eigenvalue weighted by Crippen LogP contribution is 2.50. The van der Waals surface area contributed by atoms with E-state index in [9.17, 15) is 10.1 Å². The van der Waals surface area contributed by atoms with E-state index in [2.05, 4.69) is 6.07 Å². The summed E-state index contributed by atoms with van der Waals surface area (Å²) in [7, 11) is 4.55. The number of halogens is 2. The van der Waals surface area contributed by atoms with Crippen LogP contribution in [0, 0.1) is 11.3 Å². The van der Waals surface area contributed by atoms with Crippen molar-refractivity contribution in [1.82, 2.24) is 0 Å². The van der Waals surface area contributed by atoms with Gasteiger partial charge in [-0.05, 0) is 30.5 Å². The van der Waals surface area contributed by atoms with Crippen LogP contribution in [0.25, 0.3) is 0 Å². The van der Waals surface area contributed by atoms with E-state index in [1.807, 2.05) is 0 Å². The number of benzene rings is 2. The van der Waals surface area contributed by atoms with Gasteiger partial charge in [-0.2, -0.15) is 5.26 Å². The van der Waals surface area contributed by atoms with Gasteiger partial charge in [0, 0.05) is 39.9 Å². The van der Waals surface area contributed by atoms with Gasteiger partial charge in [0.2, 0.25) is 5.75 Å². The summed E-state index contributed by atoms with van der Waals surface area (Å²) < 4.78 is 16.4. The second-order valence-corrected chi connectivity index (χ2v) is 8.71. The maximum atomic E-state index is 13.3. The number of hydrogen-bond donors (Lipinski definition) is 1. The van der Waals surface area contributed by atoms with Crippen LogP contribution in [0.2, 0.25) is 10.0 Å². The SMILES string of the molecule is COc1cc(N2C(N)=C(C#N)C(c3ccc(Cl)cc3Cl)C3=C2CCCC3=O)cc(OC)c1OC. The number of rotatable bonds is 5. The van der Waals surface area contributed by atoms with Gasteiger partial charge < -0.3 is 19.9 Å². The molecule has 1 atom stereocenters. The lowest BCUT2D eigenvalue weighted by molar-refractivity contribution is -0.116. The first-order chi connectivity index (χ1) is 16.4. The third kappa shape index (κ3) is 3.83. The first kappa shape index (κ1) is 23.8. The zero-order valence-corrected chi connectivity index (χ0v) is 20.5. The Balaban J connectivity index is 2.00. The number of hydrogen-bond acceptors (Lipinski definition) is 7. The third-order valence-electron chi connectivity index (χ3n) is 6.09. The first-order valence-electron chi connectivity index (χ1n) is 10.6. The fraction of sp³-hybridized carbons (Fsp3) is 0.280. The molecule has 0 aromatic heterocycles. The smallest absolute Gasteiger partial charge is 0.203 e. The molecule has 0 fully saturated rings. The van der Waals surface area contributed by atoms with Crippen molar-refractivity contribution < 1.29 is 19.0 Å². The van der Waals surface area contributed by atoms with Gasteiger partial charge in [-0.3, -0.25) is 9.69 Å². The molecule has 0 bridgehead atoms. The molecule has 9 heteroatoms. The summed E-state index contributed by atoms with van der Waals surface area (Å²) in [6.45, 7) is 0. The Morgan fingerprint density at radius 1 is 1.06 bits per heavy atom. The number of allylic oxidation sites excluding steroid dienone is 3. The number of methoxy groups -OCH3 is 3. The number of anilines is 1. The van der Waals surface area contributed by atoms with Crippen LogP contribution < -0.4 is 24.8 Å². The van der Waals surface area contributed by atoms with E-state index in [-0.39, 0.29) is 17.2 Å². The monoisotopic (exact) mass is 499 g/mol. The maximum absolute atomic E-state index is 13.3. The van der Waals surface area contributed by atoms with E-state index >= 15 is 0 Å². The number of carbonyl (C=O) groups is 1. The van der Waals surface area contributed by atoms with Gasteiger partial charge >= 0.3 is 0 Å². The second kappa shape index (κ2) is 9.49. The average molecular weight is 500 g/mol. The van der Waals surface area contributed by atoms with Crippen LogP contribution >= 0.6 is 23.2 Å². The molecule has 0 amide bonds. The highest BCUT2D eigenvalue weighted by molar-refractivity contribution is 6.35. The van der Waals surface area contributed by atoms with E-state index in [0.29, 0.717) is 63.4 Å². The highest BCUT2D eigenvalue weighted by atomic mass is 35.5. The Hall–Kier alpha value is -3.34. The highest BCUT2D eigenvalue weighted by Gasteiger charge is 2.41. The molecule has 4 rings (SSSR count). The second-order valence-electron chi connectivity index (χ2n) is 7.87. The minimum Gasteiger partial charge on any atom is -0.493 e. The minimum absolute atomic E-state index is 0.0463. The zero-order valence-electron chi connectivity index (χ0n) is 18.9. The summed E-state index contributed by atoms with van der Waals surface area (Å²) in [5, 5.41) is 11.0. The van der Waals surface area contributed by atoms with Gasteiger partial charge in [0.15, 0.2) is 17.3 Å². The molecule has 0 radical (unpaired) electrons. The number of ketones is 1. The molecule has 2 aromatic carbocycles. The normalized spacial score (nSPS) is 17.9. The van der Waals surface area contributed by atoms with Crippen molar-refractivity contribution in [3.63, 3.8) is 0 Å². The summed E-state index contributed by atoms with van der Waals surface area (Å²) in [6, 6.07) is 10.7. The lowest BCUT2D eigenvalue weighted by atomic mass is 9.75. The fourth-order valence-corrected chi connectivity index (χ4v) is 5.14. The van der Waals surface area contributed by atoms with Crippen LogP contribution in [0.1, 0.15) is 30.7 Å². The van der Waals surface area contributed by atoms with Gasteiger partial charge in [-0.15, -0.1) is 0 Å². The quantitative estimate of drug-likeness (QED) is 0.593. The van der Waals surface area contributed by atoms with Gasteiger partial charge in [-0.25, -0.2) is 0 Å². The third-order valence-corrected chi connectivity index (χ3v) is 6.66. The number of carbonyl (C=O) groups excluding carboxylic acids is 1. The van der Waals surface area contributed by atoms with Crippen LogP contribution in [0.5, 0.6) is 17.2 Å². The van der Waals surface area contributed by atoms with Gasteiger partial charge in [-0.1, -0.05) is 29.3 Å². The fourth-order valence-electron chi connectivity index (χ4n) is 4.62. The van der Waals surface area contributed by atoms with Gasteiger partial charge in [0.1, 0.15) is 5.82 Å². The Labute approximate surface area is 207 Å². The van der Waals surface area contributed by atoms with Crippen molar-refractivity contribution in [1.29, 1.82) is 5.26 Å². The van der Waals surface area contributed by atoms with E-state index in [1.54, 1.807) is 35.2 Å². The van der Waals surface area contributed by atoms with Gasteiger partial charge in [0.05, 0.1) is 44.6 Å². The van der Waals surface area contributed by atoms with Crippen LogP contribution in [0.3, 0.4) is 0 Å². The van der Waals surface area contributed by atoms with Crippen molar-refractivity contribution in [3.05, 3.63) is 68.6 Å². The lowest BCUT2D eigenvalue weighted by Crippen LogP contribution is -2.38. The summed E-state index contributed by atoms with van der Waals surface area (Å²) in [6.07, 6.45) is 1.63. The van der Waals surface area contributed by atoms with E-state index < -0.39 is 5.92 Å².